The lowest BCUT2D eigenvalue weighted by molar-refractivity contribution is 0.0692. The molecule has 2 aromatic carbocycles. The van der Waals surface area contributed by atoms with Crippen LogP contribution in [-0.4, -0.2) is 34.4 Å². The minimum atomic E-state index is -3.77. The first-order valence-electron chi connectivity index (χ1n) is 10.9. The maximum Gasteiger partial charge on any atom is 0.352 e. The number of carbonyl (C=O) groups is 1. The lowest BCUT2D eigenvalue weighted by Crippen LogP contribution is -2.14. The molecule has 35 heavy (non-hydrogen) atoms. The first-order chi connectivity index (χ1) is 16.5. The third-order valence-corrected chi connectivity index (χ3v) is 6.79. The number of aromatic nitrogens is 3. The minimum Gasteiger partial charge on any atom is -0.477 e. The second kappa shape index (κ2) is 8.10. The molecule has 8 nitrogen and oxygen atoms in total. The molecule has 0 aliphatic carbocycles. The summed E-state index contributed by atoms with van der Waals surface area (Å²) < 4.78 is 37.8. The van der Waals surface area contributed by atoms with Crippen LogP contribution in [-0.2, 0) is 15.8 Å². The Labute approximate surface area is 200 Å². The molecule has 5 aromatic rings. The predicted octanol–water partition coefficient (Wildman–Crippen LogP) is 5.06. The molecule has 0 bridgehead atoms. The van der Waals surface area contributed by atoms with Crippen molar-refractivity contribution in [2.24, 2.45) is 5.14 Å². The van der Waals surface area contributed by atoms with E-state index >= 15 is 0 Å². The fraction of sp³-hybridized carbons (Fsp3) is 0.160. The average Bonchev–Trinajstić information content (AvgIpc) is 3.47. The summed E-state index contributed by atoms with van der Waals surface area (Å²) in [7, 11) is -3.77. The Morgan fingerprint density at radius 3 is 2.51 bits per heavy atom. The van der Waals surface area contributed by atoms with Crippen LogP contribution in [0.15, 0.2) is 48.7 Å². The highest BCUT2D eigenvalue weighted by molar-refractivity contribution is 7.88. The van der Waals surface area contributed by atoms with Crippen LogP contribution in [0.2, 0.25) is 0 Å². The fourth-order valence-corrected chi connectivity index (χ4v) is 5.40. The van der Waals surface area contributed by atoms with Gasteiger partial charge in [0, 0.05) is 44.8 Å². The van der Waals surface area contributed by atoms with Crippen LogP contribution < -0.4 is 5.14 Å². The van der Waals surface area contributed by atoms with Crippen molar-refractivity contribution < 1.29 is 22.7 Å². The van der Waals surface area contributed by atoms with E-state index in [1.165, 1.54) is 12.1 Å². The maximum absolute atomic E-state index is 14.5. The molecule has 0 aliphatic heterocycles. The highest BCUT2D eigenvalue weighted by atomic mass is 32.2. The van der Waals surface area contributed by atoms with Gasteiger partial charge in [-0.05, 0) is 47.4 Å². The molecule has 5 rings (SSSR count). The van der Waals surface area contributed by atoms with Crippen LogP contribution >= 0.6 is 0 Å². The molecule has 10 heteroatoms. The molecule has 0 saturated heterocycles. The molecular weight excluding hydrogens is 471 g/mol. The number of hydrogen-bond donors (Lipinski definition) is 5. The van der Waals surface area contributed by atoms with Crippen LogP contribution in [0, 0.1) is 5.82 Å². The number of H-pyrrole nitrogens is 3. The lowest BCUT2D eigenvalue weighted by Gasteiger charge is -2.13. The zero-order valence-corrected chi connectivity index (χ0v) is 19.8. The van der Waals surface area contributed by atoms with Crippen molar-refractivity contribution in [3.8, 4) is 22.4 Å². The second-order valence-electron chi connectivity index (χ2n) is 8.88. The molecule has 0 spiro atoms. The first-order valence-corrected chi connectivity index (χ1v) is 12.6. The van der Waals surface area contributed by atoms with Gasteiger partial charge in [0.1, 0.15) is 17.3 Å². The topological polar surface area (TPSA) is 145 Å². The van der Waals surface area contributed by atoms with Crippen molar-refractivity contribution in [1.82, 2.24) is 15.0 Å². The van der Waals surface area contributed by atoms with Gasteiger partial charge in [-0.3, -0.25) is 0 Å². The van der Waals surface area contributed by atoms with Gasteiger partial charge in [0.2, 0.25) is 10.0 Å². The molecule has 3 heterocycles. The van der Waals surface area contributed by atoms with Crippen molar-refractivity contribution in [3.63, 3.8) is 0 Å². The maximum atomic E-state index is 14.5. The van der Waals surface area contributed by atoms with Crippen LogP contribution in [0.5, 0.6) is 0 Å². The highest BCUT2D eigenvalue weighted by Crippen LogP contribution is 2.44. The summed E-state index contributed by atoms with van der Waals surface area (Å²) in [5.74, 6) is -2.11. The number of carboxylic acid groups (broad SMARTS) is 1. The van der Waals surface area contributed by atoms with E-state index in [-0.39, 0.29) is 17.4 Å². The number of nitrogens with two attached hydrogens (primary N) is 1. The number of aromatic carboxylic acids is 1. The quantitative estimate of drug-likeness (QED) is 0.225. The summed E-state index contributed by atoms with van der Waals surface area (Å²) in [6.45, 7) is 3.89. The summed E-state index contributed by atoms with van der Waals surface area (Å²) in [5, 5.41) is 16.8. The molecule has 0 unspecified atom stereocenters. The molecule has 3 aromatic heterocycles. The summed E-state index contributed by atoms with van der Waals surface area (Å²) in [6.07, 6.45) is 1.71. The summed E-state index contributed by atoms with van der Waals surface area (Å²) in [6, 6.07) is 11.6. The predicted molar refractivity (Wildman–Crippen MR) is 133 cm³/mol. The Bertz CT molecular complexity index is 1730. The van der Waals surface area contributed by atoms with E-state index in [1.54, 1.807) is 30.5 Å². The Kier molecular flexibility index (Phi) is 5.30. The molecule has 0 saturated carbocycles. The van der Waals surface area contributed by atoms with E-state index in [0.29, 0.717) is 44.5 Å². The van der Waals surface area contributed by atoms with E-state index in [2.05, 4.69) is 15.0 Å². The van der Waals surface area contributed by atoms with Crippen LogP contribution in [0.1, 0.15) is 41.5 Å². The minimum absolute atomic E-state index is 0.0293. The average molecular weight is 495 g/mol. The van der Waals surface area contributed by atoms with Gasteiger partial charge in [-0.15, -0.1) is 0 Å². The lowest BCUT2D eigenvalue weighted by atomic mass is 9.89. The SMILES string of the molecule is CC(C)c1c(-c2cc(F)cc3[nH]ccc23)[nH]c(C(=O)O)c1-c1cccc2[nH]c(CS(N)(=O)=O)cc12. The Morgan fingerprint density at radius 2 is 1.83 bits per heavy atom. The Morgan fingerprint density at radius 1 is 1.06 bits per heavy atom. The Hall–Kier alpha value is -3.89. The molecular formula is C25H23FN4O4S. The normalized spacial score (nSPS) is 12.3. The second-order valence-corrected chi connectivity index (χ2v) is 10.5. The van der Waals surface area contributed by atoms with Crippen LogP contribution in [0.25, 0.3) is 44.2 Å². The van der Waals surface area contributed by atoms with Crippen molar-refractivity contribution in [2.45, 2.75) is 25.5 Å². The van der Waals surface area contributed by atoms with E-state index in [0.717, 1.165) is 10.9 Å². The number of rotatable bonds is 6. The van der Waals surface area contributed by atoms with Crippen molar-refractivity contribution >= 4 is 37.8 Å². The van der Waals surface area contributed by atoms with E-state index in [9.17, 15) is 22.7 Å². The monoisotopic (exact) mass is 494 g/mol. The Balaban J connectivity index is 1.84. The first kappa shape index (κ1) is 22.9. The zero-order valence-electron chi connectivity index (χ0n) is 18.9. The highest BCUT2D eigenvalue weighted by Gasteiger charge is 2.28. The summed E-state index contributed by atoms with van der Waals surface area (Å²) in [4.78, 5) is 21.5. The number of carboxylic acids is 1. The van der Waals surface area contributed by atoms with Gasteiger partial charge >= 0.3 is 5.97 Å². The number of halogens is 1. The standard InChI is InChI=1S/C25H23FN4O4S/c1-12(2)21-22(16-4-3-5-19-17(16)10-14(29-19)11-35(27,33)34)24(25(31)32)30-23(21)18-8-13(26)9-20-15(18)6-7-28-20/h3-10,12,28-30H,11H2,1-2H3,(H,31,32)(H2,27,33,34). The van der Waals surface area contributed by atoms with Gasteiger partial charge in [-0.1, -0.05) is 26.0 Å². The number of aromatic amines is 3. The third-order valence-electron chi connectivity index (χ3n) is 6.08. The summed E-state index contributed by atoms with van der Waals surface area (Å²) in [5.41, 5.74) is 4.50. The number of primary sulfonamides is 1. The van der Waals surface area contributed by atoms with Crippen molar-refractivity contribution in [1.29, 1.82) is 0 Å². The third kappa shape index (κ3) is 4.00. The van der Waals surface area contributed by atoms with Gasteiger partial charge in [-0.2, -0.15) is 0 Å². The van der Waals surface area contributed by atoms with Crippen molar-refractivity contribution in [2.75, 3.05) is 0 Å². The molecule has 6 N–H and O–H groups in total. The number of fused-ring (bicyclic) bond motifs is 2. The zero-order chi connectivity index (χ0) is 25.1. The van der Waals surface area contributed by atoms with E-state index in [4.69, 9.17) is 5.14 Å². The van der Waals surface area contributed by atoms with E-state index < -0.39 is 21.8 Å². The molecule has 0 radical (unpaired) electrons. The van der Waals surface area contributed by atoms with Gasteiger partial charge in [0.15, 0.2) is 0 Å². The fourth-order valence-electron chi connectivity index (χ4n) is 4.81. The van der Waals surface area contributed by atoms with Crippen LogP contribution in [0.3, 0.4) is 0 Å². The molecule has 180 valence electrons. The molecule has 0 atom stereocenters. The van der Waals surface area contributed by atoms with Gasteiger partial charge in [0.25, 0.3) is 0 Å². The largest absolute Gasteiger partial charge is 0.477 e. The van der Waals surface area contributed by atoms with Crippen molar-refractivity contribution in [3.05, 3.63) is 71.4 Å². The summed E-state index contributed by atoms with van der Waals surface area (Å²) >= 11 is 0. The number of nitrogens with one attached hydrogen (secondary N) is 3. The number of benzene rings is 2. The molecule has 0 fully saturated rings. The van der Waals surface area contributed by atoms with Crippen LogP contribution in [0.4, 0.5) is 4.39 Å². The number of hydrogen-bond acceptors (Lipinski definition) is 3. The van der Waals surface area contributed by atoms with Gasteiger partial charge in [-0.25, -0.2) is 22.7 Å². The van der Waals surface area contributed by atoms with E-state index in [1.807, 2.05) is 19.9 Å². The molecule has 0 amide bonds. The molecule has 0 aliphatic rings. The smallest absolute Gasteiger partial charge is 0.352 e. The van der Waals surface area contributed by atoms with Gasteiger partial charge in [0.05, 0.1) is 5.69 Å². The number of sulfonamides is 1. The van der Waals surface area contributed by atoms with Gasteiger partial charge < -0.3 is 20.1 Å².